The first kappa shape index (κ1) is 15.3. The zero-order chi connectivity index (χ0) is 14.3. The summed E-state index contributed by atoms with van der Waals surface area (Å²) in [5, 5.41) is 9.09. The van der Waals surface area contributed by atoms with Crippen molar-refractivity contribution in [3.05, 3.63) is 23.6 Å². The van der Waals surface area contributed by atoms with Gasteiger partial charge in [-0.05, 0) is 6.07 Å². The van der Waals surface area contributed by atoms with Crippen molar-refractivity contribution in [2.24, 2.45) is 0 Å². The molecule has 0 unspecified atom stereocenters. The second-order valence-corrected chi connectivity index (χ2v) is 3.80. The van der Waals surface area contributed by atoms with E-state index in [1.165, 1.54) is 0 Å². The van der Waals surface area contributed by atoms with Crippen LogP contribution in [0.3, 0.4) is 0 Å². The fourth-order valence-corrected chi connectivity index (χ4v) is 1.57. The Morgan fingerprint density at radius 2 is 1.95 bits per heavy atom. The Balaban J connectivity index is 3.02. The van der Waals surface area contributed by atoms with Crippen LogP contribution < -0.4 is 4.90 Å². The molecule has 1 N–H and O–H groups in total. The molecule has 1 heterocycles. The molecule has 0 radical (unpaired) electrons. The van der Waals surface area contributed by atoms with Gasteiger partial charge in [0.2, 0.25) is 0 Å². The van der Waals surface area contributed by atoms with Gasteiger partial charge in [0.05, 0.1) is 19.4 Å². The Morgan fingerprint density at radius 1 is 1.37 bits per heavy atom. The largest absolute Gasteiger partial charge is 0.478 e. The third-order valence-electron chi connectivity index (χ3n) is 2.49. The van der Waals surface area contributed by atoms with Crippen molar-refractivity contribution in [3.63, 3.8) is 0 Å². The highest BCUT2D eigenvalue weighted by molar-refractivity contribution is 5.93. The lowest BCUT2D eigenvalue weighted by Crippen LogP contribution is -2.32. The van der Waals surface area contributed by atoms with Gasteiger partial charge in [-0.25, -0.2) is 14.2 Å². The number of carbonyl (C=O) groups is 1. The first-order valence-electron chi connectivity index (χ1n) is 5.71. The van der Waals surface area contributed by atoms with Crippen LogP contribution in [0.2, 0.25) is 0 Å². The second-order valence-electron chi connectivity index (χ2n) is 3.80. The maximum Gasteiger partial charge on any atom is 0.339 e. The first-order valence-corrected chi connectivity index (χ1v) is 5.71. The molecule has 0 bridgehead atoms. The number of aromatic nitrogens is 1. The summed E-state index contributed by atoms with van der Waals surface area (Å²) in [5.41, 5.74) is -0.174. The molecule has 0 spiro atoms. The first-order chi connectivity index (χ1) is 9.10. The summed E-state index contributed by atoms with van der Waals surface area (Å²) in [7, 11) is 3.09. The molecule has 1 rings (SSSR count). The molecular weight excluding hydrogens is 255 g/mol. The van der Waals surface area contributed by atoms with Crippen LogP contribution in [0.1, 0.15) is 10.4 Å². The van der Waals surface area contributed by atoms with Crippen molar-refractivity contribution >= 4 is 11.8 Å². The van der Waals surface area contributed by atoms with Crippen molar-refractivity contribution < 1.29 is 23.8 Å². The molecule has 0 atom stereocenters. The molecule has 0 aliphatic rings. The molecule has 0 saturated heterocycles. The van der Waals surface area contributed by atoms with Gasteiger partial charge < -0.3 is 19.5 Å². The molecule has 1 aromatic heterocycles. The topological polar surface area (TPSA) is 71.9 Å². The van der Waals surface area contributed by atoms with Crippen LogP contribution in [-0.2, 0) is 9.47 Å². The minimum atomic E-state index is -1.22. The van der Waals surface area contributed by atoms with Crippen molar-refractivity contribution in [1.29, 1.82) is 0 Å². The maximum atomic E-state index is 13.1. The standard InChI is InChI=1S/C12H17FN2O4/c1-18-5-3-15(4-6-19-2)11-10(12(16)17)7-9(13)8-14-11/h7-8H,3-6H2,1-2H3,(H,16,17). The van der Waals surface area contributed by atoms with Crippen molar-refractivity contribution in [1.82, 2.24) is 4.98 Å². The third-order valence-corrected chi connectivity index (χ3v) is 2.49. The minimum Gasteiger partial charge on any atom is -0.478 e. The van der Waals surface area contributed by atoms with E-state index in [-0.39, 0.29) is 11.4 Å². The third kappa shape index (κ3) is 4.46. The monoisotopic (exact) mass is 272 g/mol. The Bertz CT molecular complexity index is 420. The lowest BCUT2D eigenvalue weighted by atomic mass is 10.2. The van der Waals surface area contributed by atoms with Crippen molar-refractivity contribution in [3.8, 4) is 0 Å². The number of carboxylic acid groups (broad SMARTS) is 1. The van der Waals surface area contributed by atoms with E-state index in [1.807, 2.05) is 0 Å². The summed E-state index contributed by atoms with van der Waals surface area (Å²) in [6.07, 6.45) is 0.994. The fourth-order valence-electron chi connectivity index (χ4n) is 1.57. The molecule has 0 aromatic carbocycles. The number of anilines is 1. The Labute approximate surface area is 110 Å². The van der Waals surface area contributed by atoms with Gasteiger partial charge in [0, 0.05) is 27.3 Å². The molecule has 19 heavy (non-hydrogen) atoms. The average Bonchev–Trinajstić information content (AvgIpc) is 2.39. The van der Waals surface area contributed by atoms with Crippen LogP contribution in [0, 0.1) is 5.82 Å². The number of halogens is 1. The van der Waals surface area contributed by atoms with Gasteiger partial charge in [0.1, 0.15) is 17.2 Å². The predicted molar refractivity (Wildman–Crippen MR) is 67.1 cm³/mol. The zero-order valence-electron chi connectivity index (χ0n) is 10.9. The molecule has 0 aliphatic carbocycles. The van der Waals surface area contributed by atoms with Gasteiger partial charge in [-0.1, -0.05) is 0 Å². The molecule has 0 amide bonds. The number of hydrogen-bond acceptors (Lipinski definition) is 5. The molecule has 1 aromatic rings. The van der Waals surface area contributed by atoms with Crippen LogP contribution in [0.4, 0.5) is 10.2 Å². The van der Waals surface area contributed by atoms with Gasteiger partial charge in [0.25, 0.3) is 0 Å². The Morgan fingerprint density at radius 3 is 2.42 bits per heavy atom. The quantitative estimate of drug-likeness (QED) is 0.761. The molecule has 6 nitrogen and oxygen atoms in total. The summed E-state index contributed by atoms with van der Waals surface area (Å²) < 4.78 is 23.0. The van der Waals surface area contributed by atoms with Crippen LogP contribution in [-0.4, -0.2) is 56.6 Å². The van der Waals surface area contributed by atoms with Gasteiger partial charge in [-0.15, -0.1) is 0 Å². The van der Waals surface area contributed by atoms with Gasteiger partial charge in [-0.2, -0.15) is 0 Å². The Hall–Kier alpha value is -1.73. The normalized spacial score (nSPS) is 10.5. The minimum absolute atomic E-state index is 0.174. The van der Waals surface area contributed by atoms with E-state index in [2.05, 4.69) is 4.98 Å². The van der Waals surface area contributed by atoms with E-state index < -0.39 is 11.8 Å². The molecular formula is C12H17FN2O4. The average molecular weight is 272 g/mol. The van der Waals surface area contributed by atoms with E-state index in [0.29, 0.717) is 26.3 Å². The predicted octanol–water partition coefficient (Wildman–Crippen LogP) is 1.02. The van der Waals surface area contributed by atoms with Gasteiger partial charge in [-0.3, -0.25) is 0 Å². The van der Waals surface area contributed by atoms with E-state index in [0.717, 1.165) is 12.3 Å². The number of aromatic carboxylic acids is 1. The SMILES string of the molecule is COCCN(CCOC)c1ncc(F)cc1C(=O)O. The Kier molecular flexibility index (Phi) is 6.17. The van der Waals surface area contributed by atoms with E-state index >= 15 is 0 Å². The van der Waals surface area contributed by atoms with Crippen LogP contribution >= 0.6 is 0 Å². The highest BCUT2D eigenvalue weighted by Gasteiger charge is 2.18. The number of ether oxygens (including phenoxy) is 2. The molecule has 0 aliphatic heterocycles. The number of rotatable bonds is 8. The van der Waals surface area contributed by atoms with Crippen LogP contribution in [0.5, 0.6) is 0 Å². The zero-order valence-corrected chi connectivity index (χ0v) is 10.9. The fraction of sp³-hybridized carbons (Fsp3) is 0.500. The molecule has 7 heteroatoms. The van der Waals surface area contributed by atoms with Crippen molar-refractivity contribution in [2.75, 3.05) is 45.4 Å². The number of carboxylic acids is 1. The highest BCUT2D eigenvalue weighted by Crippen LogP contribution is 2.18. The number of hydrogen-bond donors (Lipinski definition) is 1. The van der Waals surface area contributed by atoms with E-state index in [9.17, 15) is 9.18 Å². The molecule has 0 fully saturated rings. The van der Waals surface area contributed by atoms with Crippen molar-refractivity contribution in [2.45, 2.75) is 0 Å². The van der Waals surface area contributed by atoms with E-state index in [4.69, 9.17) is 14.6 Å². The summed E-state index contributed by atoms with van der Waals surface area (Å²) in [6, 6.07) is 0.956. The van der Waals surface area contributed by atoms with Gasteiger partial charge >= 0.3 is 5.97 Å². The lowest BCUT2D eigenvalue weighted by molar-refractivity contribution is 0.0696. The highest BCUT2D eigenvalue weighted by atomic mass is 19.1. The summed E-state index contributed by atoms with van der Waals surface area (Å²) in [6.45, 7) is 1.70. The van der Waals surface area contributed by atoms with Crippen LogP contribution in [0.25, 0.3) is 0 Å². The summed E-state index contributed by atoms with van der Waals surface area (Å²) in [4.78, 5) is 16.7. The summed E-state index contributed by atoms with van der Waals surface area (Å²) >= 11 is 0. The van der Waals surface area contributed by atoms with Gasteiger partial charge in [0.15, 0.2) is 0 Å². The second kappa shape index (κ2) is 7.65. The number of pyridine rings is 1. The summed E-state index contributed by atoms with van der Waals surface area (Å²) in [5.74, 6) is -1.69. The smallest absolute Gasteiger partial charge is 0.339 e. The molecule has 0 saturated carbocycles. The number of nitrogens with zero attached hydrogens (tertiary/aromatic N) is 2. The van der Waals surface area contributed by atoms with Crippen LogP contribution in [0.15, 0.2) is 12.3 Å². The number of methoxy groups -OCH3 is 2. The van der Waals surface area contributed by atoms with E-state index in [1.54, 1.807) is 19.1 Å². The maximum absolute atomic E-state index is 13.1. The lowest BCUT2D eigenvalue weighted by Gasteiger charge is -2.24. The molecule has 106 valence electrons.